The maximum atomic E-state index is 5.73. The van der Waals surface area contributed by atoms with Crippen LogP contribution < -0.4 is 0 Å². The van der Waals surface area contributed by atoms with Crippen molar-refractivity contribution in [2.75, 3.05) is 0 Å². The van der Waals surface area contributed by atoms with Gasteiger partial charge in [-0.15, -0.1) is 24.0 Å². The van der Waals surface area contributed by atoms with Gasteiger partial charge in [0.1, 0.15) is 5.82 Å². The van der Waals surface area contributed by atoms with Crippen molar-refractivity contribution in [1.82, 2.24) is 9.97 Å². The second-order valence-electron chi connectivity index (χ2n) is 3.02. The number of halogens is 2. The maximum Gasteiger partial charge on any atom is 0.106 e. The van der Waals surface area contributed by atoms with Crippen molar-refractivity contribution >= 4 is 35.0 Å². The Labute approximate surface area is 94.1 Å². The Morgan fingerprint density at radius 2 is 2.21 bits per heavy atom. The van der Waals surface area contributed by atoms with Gasteiger partial charge in [-0.25, -0.2) is 4.98 Å². The number of fused-ring (bicyclic) bond motifs is 1. The fourth-order valence-electron chi connectivity index (χ4n) is 1.36. The fraction of sp³-hybridized carbons (Fsp3) is 0.300. The van der Waals surface area contributed by atoms with E-state index in [-0.39, 0.29) is 12.4 Å². The quantitative estimate of drug-likeness (QED) is 0.789. The summed E-state index contributed by atoms with van der Waals surface area (Å²) in [6.45, 7) is 2.08. The van der Waals surface area contributed by atoms with E-state index < -0.39 is 0 Å². The van der Waals surface area contributed by atoms with Crippen LogP contribution in [0.4, 0.5) is 0 Å². The topological polar surface area (TPSA) is 28.7 Å². The summed E-state index contributed by atoms with van der Waals surface area (Å²) < 4.78 is 0. The highest BCUT2D eigenvalue weighted by Gasteiger charge is 2.00. The second kappa shape index (κ2) is 4.67. The van der Waals surface area contributed by atoms with Crippen LogP contribution in [0.25, 0.3) is 11.0 Å². The van der Waals surface area contributed by atoms with Gasteiger partial charge in [0, 0.05) is 12.3 Å². The third-order valence-corrected chi connectivity index (χ3v) is 2.39. The number of aromatic amines is 1. The van der Waals surface area contributed by atoms with Gasteiger partial charge in [0.25, 0.3) is 0 Å². The number of rotatable bonds is 2. The number of imidazole rings is 1. The van der Waals surface area contributed by atoms with Crippen molar-refractivity contribution in [3.05, 3.63) is 29.6 Å². The van der Waals surface area contributed by atoms with Crippen LogP contribution in [0, 0.1) is 0 Å². The molecule has 0 atom stereocenters. The SMILES string of the molecule is CCc1nc2ccc(CCl)cc2[nH]1.Cl. The minimum Gasteiger partial charge on any atom is -0.342 e. The first-order chi connectivity index (χ1) is 6.33. The first-order valence-corrected chi connectivity index (χ1v) is 4.90. The summed E-state index contributed by atoms with van der Waals surface area (Å²) in [6.07, 6.45) is 0.935. The average molecular weight is 231 g/mol. The number of nitrogens with zero attached hydrogens (tertiary/aromatic N) is 1. The summed E-state index contributed by atoms with van der Waals surface area (Å²) in [6, 6.07) is 6.06. The summed E-state index contributed by atoms with van der Waals surface area (Å²) in [7, 11) is 0. The molecule has 2 rings (SSSR count). The predicted octanol–water partition coefficient (Wildman–Crippen LogP) is 3.29. The first kappa shape index (κ1) is 11.3. The number of aromatic nitrogens is 2. The minimum atomic E-state index is 0. The smallest absolute Gasteiger partial charge is 0.106 e. The number of nitrogens with one attached hydrogen (secondary N) is 1. The molecule has 2 aromatic rings. The van der Waals surface area contributed by atoms with E-state index in [1.54, 1.807) is 0 Å². The van der Waals surface area contributed by atoms with E-state index >= 15 is 0 Å². The molecule has 0 aliphatic heterocycles. The number of hydrogen-bond donors (Lipinski definition) is 1. The van der Waals surface area contributed by atoms with Gasteiger partial charge in [-0.1, -0.05) is 13.0 Å². The molecule has 2 nitrogen and oxygen atoms in total. The summed E-state index contributed by atoms with van der Waals surface area (Å²) in [5, 5.41) is 0. The lowest BCUT2D eigenvalue weighted by atomic mass is 10.2. The van der Waals surface area contributed by atoms with E-state index in [1.807, 2.05) is 12.1 Å². The van der Waals surface area contributed by atoms with Gasteiger partial charge in [0.2, 0.25) is 0 Å². The van der Waals surface area contributed by atoms with E-state index in [2.05, 4.69) is 23.0 Å². The molecule has 0 radical (unpaired) electrons. The van der Waals surface area contributed by atoms with Crippen molar-refractivity contribution in [1.29, 1.82) is 0 Å². The third-order valence-electron chi connectivity index (χ3n) is 2.08. The molecule has 0 unspecified atom stereocenters. The van der Waals surface area contributed by atoms with Crippen LogP contribution in [-0.4, -0.2) is 9.97 Å². The molecule has 4 heteroatoms. The first-order valence-electron chi connectivity index (χ1n) is 4.37. The molecule has 14 heavy (non-hydrogen) atoms. The van der Waals surface area contributed by atoms with E-state index in [1.165, 1.54) is 0 Å². The Kier molecular flexibility index (Phi) is 3.78. The minimum absolute atomic E-state index is 0. The predicted molar refractivity (Wildman–Crippen MR) is 62.3 cm³/mol. The summed E-state index contributed by atoms with van der Waals surface area (Å²) >= 11 is 5.73. The van der Waals surface area contributed by atoms with E-state index in [0.717, 1.165) is 28.8 Å². The molecule has 0 fully saturated rings. The lowest BCUT2D eigenvalue weighted by Gasteiger charge is -1.92. The number of H-pyrrole nitrogens is 1. The van der Waals surface area contributed by atoms with E-state index in [4.69, 9.17) is 11.6 Å². The molecule has 0 aliphatic rings. The molecule has 1 heterocycles. The summed E-state index contributed by atoms with van der Waals surface area (Å²) in [5.41, 5.74) is 3.22. The van der Waals surface area contributed by atoms with Gasteiger partial charge in [0.05, 0.1) is 11.0 Å². The normalized spacial score (nSPS) is 10.1. The summed E-state index contributed by atoms with van der Waals surface area (Å²) in [4.78, 5) is 7.66. The standard InChI is InChI=1S/C10H11ClN2.ClH/c1-2-10-12-8-4-3-7(6-11)5-9(8)13-10;/h3-5H,2,6H2,1H3,(H,12,13);1H. The third kappa shape index (κ3) is 2.02. The molecule has 0 amide bonds. The Balaban J connectivity index is 0.000000980. The monoisotopic (exact) mass is 230 g/mol. The van der Waals surface area contributed by atoms with Gasteiger partial charge in [-0.3, -0.25) is 0 Å². The highest BCUT2D eigenvalue weighted by Crippen LogP contribution is 2.15. The van der Waals surface area contributed by atoms with Crippen LogP contribution in [-0.2, 0) is 12.3 Å². The van der Waals surface area contributed by atoms with Crippen molar-refractivity contribution in [2.45, 2.75) is 19.2 Å². The highest BCUT2D eigenvalue weighted by molar-refractivity contribution is 6.17. The van der Waals surface area contributed by atoms with Crippen molar-refractivity contribution in [3.63, 3.8) is 0 Å². The molecule has 1 aromatic carbocycles. The van der Waals surface area contributed by atoms with Crippen LogP contribution >= 0.6 is 24.0 Å². The van der Waals surface area contributed by atoms with Crippen LogP contribution in [0.3, 0.4) is 0 Å². The maximum absolute atomic E-state index is 5.73. The van der Waals surface area contributed by atoms with Crippen molar-refractivity contribution in [3.8, 4) is 0 Å². The zero-order valence-corrected chi connectivity index (χ0v) is 9.45. The van der Waals surface area contributed by atoms with Crippen molar-refractivity contribution < 1.29 is 0 Å². The van der Waals surface area contributed by atoms with Crippen LogP contribution in [0.5, 0.6) is 0 Å². The Morgan fingerprint density at radius 3 is 2.86 bits per heavy atom. The Morgan fingerprint density at radius 1 is 1.43 bits per heavy atom. The largest absolute Gasteiger partial charge is 0.342 e. The van der Waals surface area contributed by atoms with Gasteiger partial charge in [-0.2, -0.15) is 0 Å². The van der Waals surface area contributed by atoms with Gasteiger partial charge < -0.3 is 4.98 Å². The molecule has 0 spiro atoms. The molecule has 0 bridgehead atoms. The van der Waals surface area contributed by atoms with Gasteiger partial charge in [0.15, 0.2) is 0 Å². The average Bonchev–Trinajstić information content (AvgIpc) is 2.58. The number of aryl methyl sites for hydroxylation is 1. The zero-order valence-electron chi connectivity index (χ0n) is 7.88. The second-order valence-corrected chi connectivity index (χ2v) is 3.29. The molecule has 0 saturated carbocycles. The van der Waals surface area contributed by atoms with Crippen molar-refractivity contribution in [2.24, 2.45) is 0 Å². The Bertz CT molecular complexity index is 421. The molecule has 1 aromatic heterocycles. The summed E-state index contributed by atoms with van der Waals surface area (Å²) in [5.74, 6) is 1.58. The van der Waals surface area contributed by atoms with Crippen LogP contribution in [0.1, 0.15) is 18.3 Å². The zero-order chi connectivity index (χ0) is 9.26. The molecular weight excluding hydrogens is 219 g/mol. The van der Waals surface area contributed by atoms with Crippen LogP contribution in [0.15, 0.2) is 18.2 Å². The molecule has 76 valence electrons. The van der Waals surface area contributed by atoms with Gasteiger partial charge >= 0.3 is 0 Å². The lowest BCUT2D eigenvalue weighted by Crippen LogP contribution is -1.79. The Hall–Kier alpha value is -0.730. The molecule has 0 aliphatic carbocycles. The van der Waals surface area contributed by atoms with Gasteiger partial charge in [-0.05, 0) is 17.7 Å². The molecule has 1 N–H and O–H groups in total. The number of benzene rings is 1. The number of hydrogen-bond acceptors (Lipinski definition) is 1. The molecule has 0 saturated heterocycles. The van der Waals surface area contributed by atoms with E-state index in [9.17, 15) is 0 Å². The van der Waals surface area contributed by atoms with Crippen LogP contribution in [0.2, 0.25) is 0 Å². The molecular formula is C10H12Cl2N2. The lowest BCUT2D eigenvalue weighted by molar-refractivity contribution is 1.00. The highest BCUT2D eigenvalue weighted by atomic mass is 35.5. The fourth-order valence-corrected chi connectivity index (χ4v) is 1.53. The number of alkyl halides is 1. The van der Waals surface area contributed by atoms with E-state index in [0.29, 0.717) is 5.88 Å².